The number of ether oxygens (including phenoxy) is 1. The number of aliphatic hydroxyl groups is 2. The SMILES string of the molecule is COc1ccccc1C(O)[C@@H](CO)C/C=C\CCC=O. The maximum absolute atomic E-state index is 10.4. The Bertz CT molecular complexity index is 428. The van der Waals surface area contributed by atoms with E-state index in [1.54, 1.807) is 19.2 Å². The molecule has 2 atom stereocenters. The van der Waals surface area contributed by atoms with Crippen molar-refractivity contribution in [3.8, 4) is 5.75 Å². The van der Waals surface area contributed by atoms with Crippen molar-refractivity contribution in [2.24, 2.45) is 5.92 Å². The van der Waals surface area contributed by atoms with Crippen molar-refractivity contribution in [1.82, 2.24) is 0 Å². The Labute approximate surface area is 119 Å². The lowest BCUT2D eigenvalue weighted by Crippen LogP contribution is -2.16. The number of carbonyl (C=O) groups excluding carboxylic acids is 1. The van der Waals surface area contributed by atoms with Crippen molar-refractivity contribution < 1.29 is 19.7 Å². The van der Waals surface area contributed by atoms with Gasteiger partial charge in [0.15, 0.2) is 0 Å². The van der Waals surface area contributed by atoms with Crippen molar-refractivity contribution in [1.29, 1.82) is 0 Å². The Morgan fingerprint density at radius 2 is 2.00 bits per heavy atom. The summed E-state index contributed by atoms with van der Waals surface area (Å²) in [5.74, 6) is 0.321. The molecule has 0 heterocycles. The zero-order valence-corrected chi connectivity index (χ0v) is 11.7. The van der Waals surface area contributed by atoms with Crippen LogP contribution in [0.1, 0.15) is 30.9 Å². The number of benzene rings is 1. The molecule has 0 bridgehead atoms. The summed E-state index contributed by atoms with van der Waals surface area (Å²) in [7, 11) is 1.55. The van der Waals surface area contributed by atoms with Gasteiger partial charge in [-0.15, -0.1) is 0 Å². The number of para-hydroxylation sites is 1. The smallest absolute Gasteiger partial charge is 0.124 e. The van der Waals surface area contributed by atoms with E-state index >= 15 is 0 Å². The van der Waals surface area contributed by atoms with Crippen LogP contribution >= 0.6 is 0 Å². The highest BCUT2D eigenvalue weighted by Gasteiger charge is 2.21. The predicted octanol–water partition coefficient (Wildman–Crippen LogP) is 2.26. The van der Waals surface area contributed by atoms with Gasteiger partial charge < -0.3 is 19.7 Å². The van der Waals surface area contributed by atoms with E-state index in [1.807, 2.05) is 24.3 Å². The Balaban J connectivity index is 2.68. The monoisotopic (exact) mass is 278 g/mol. The molecule has 0 amide bonds. The van der Waals surface area contributed by atoms with Crippen molar-refractivity contribution in [3.63, 3.8) is 0 Å². The Hall–Kier alpha value is -1.65. The van der Waals surface area contributed by atoms with E-state index in [0.29, 0.717) is 30.6 Å². The molecule has 0 radical (unpaired) electrons. The first-order chi connectivity index (χ1) is 9.74. The van der Waals surface area contributed by atoms with Gasteiger partial charge in [-0.2, -0.15) is 0 Å². The first kappa shape index (κ1) is 16.4. The third-order valence-electron chi connectivity index (χ3n) is 3.20. The number of allylic oxidation sites excluding steroid dienone is 2. The summed E-state index contributed by atoms with van der Waals surface area (Å²) in [6.45, 7) is -0.114. The Kier molecular flexibility index (Phi) is 7.62. The number of unbranched alkanes of at least 4 members (excludes halogenated alkanes) is 1. The lowest BCUT2D eigenvalue weighted by atomic mass is 9.92. The van der Waals surface area contributed by atoms with Crippen LogP contribution in [-0.2, 0) is 4.79 Å². The summed E-state index contributed by atoms with van der Waals surface area (Å²) < 4.78 is 5.22. The molecular formula is C16H22O4. The third kappa shape index (κ3) is 4.79. The van der Waals surface area contributed by atoms with Gasteiger partial charge in [-0.25, -0.2) is 0 Å². The molecule has 4 heteroatoms. The summed E-state index contributed by atoms with van der Waals surface area (Å²) in [6, 6.07) is 7.24. The molecule has 0 aromatic heterocycles. The number of aliphatic hydroxyl groups excluding tert-OH is 2. The summed E-state index contributed by atoms with van der Waals surface area (Å²) in [6.07, 6.45) is 5.61. The van der Waals surface area contributed by atoms with Crippen LogP contribution in [0.15, 0.2) is 36.4 Å². The van der Waals surface area contributed by atoms with E-state index in [9.17, 15) is 15.0 Å². The Morgan fingerprint density at radius 1 is 1.25 bits per heavy atom. The molecule has 4 nitrogen and oxygen atoms in total. The zero-order valence-electron chi connectivity index (χ0n) is 11.7. The number of methoxy groups -OCH3 is 1. The predicted molar refractivity (Wildman–Crippen MR) is 77.6 cm³/mol. The van der Waals surface area contributed by atoms with Crippen molar-refractivity contribution >= 4 is 6.29 Å². The van der Waals surface area contributed by atoms with Gasteiger partial charge in [-0.05, 0) is 18.9 Å². The highest BCUT2D eigenvalue weighted by molar-refractivity contribution is 5.49. The van der Waals surface area contributed by atoms with Crippen LogP contribution in [0.2, 0.25) is 0 Å². The van der Waals surface area contributed by atoms with E-state index in [4.69, 9.17) is 4.74 Å². The number of hydrogen-bond acceptors (Lipinski definition) is 4. The van der Waals surface area contributed by atoms with E-state index < -0.39 is 6.10 Å². The maximum atomic E-state index is 10.4. The minimum Gasteiger partial charge on any atom is -0.496 e. The highest BCUT2D eigenvalue weighted by atomic mass is 16.5. The average Bonchev–Trinajstić information content (AvgIpc) is 2.50. The van der Waals surface area contributed by atoms with Gasteiger partial charge in [0.1, 0.15) is 12.0 Å². The van der Waals surface area contributed by atoms with Crippen LogP contribution in [-0.4, -0.2) is 30.2 Å². The van der Waals surface area contributed by atoms with Gasteiger partial charge in [-0.3, -0.25) is 0 Å². The van der Waals surface area contributed by atoms with Crippen LogP contribution in [0.5, 0.6) is 5.75 Å². The molecule has 0 aliphatic carbocycles. The molecule has 1 unspecified atom stereocenters. The van der Waals surface area contributed by atoms with E-state index in [0.717, 1.165) is 6.29 Å². The molecule has 1 aromatic rings. The van der Waals surface area contributed by atoms with Crippen LogP contribution in [0, 0.1) is 5.92 Å². The van der Waals surface area contributed by atoms with E-state index in [-0.39, 0.29) is 12.5 Å². The molecule has 0 spiro atoms. The lowest BCUT2D eigenvalue weighted by molar-refractivity contribution is -0.107. The molecule has 1 rings (SSSR count). The first-order valence-corrected chi connectivity index (χ1v) is 6.75. The van der Waals surface area contributed by atoms with Crippen molar-refractivity contribution in [2.45, 2.75) is 25.4 Å². The van der Waals surface area contributed by atoms with Gasteiger partial charge in [0.2, 0.25) is 0 Å². The molecule has 2 N–H and O–H groups in total. The van der Waals surface area contributed by atoms with E-state index in [1.165, 1.54) is 0 Å². The minimum absolute atomic E-state index is 0.114. The molecule has 0 saturated heterocycles. The fourth-order valence-corrected chi connectivity index (χ4v) is 2.02. The summed E-state index contributed by atoms with van der Waals surface area (Å²) in [5.41, 5.74) is 0.676. The fraction of sp³-hybridized carbons (Fsp3) is 0.438. The number of carbonyl (C=O) groups is 1. The number of hydrogen-bond donors (Lipinski definition) is 2. The molecule has 1 aromatic carbocycles. The fourth-order valence-electron chi connectivity index (χ4n) is 2.02. The minimum atomic E-state index is -0.785. The van der Waals surface area contributed by atoms with Gasteiger partial charge in [0, 0.05) is 24.5 Å². The normalized spacial score (nSPS) is 14.2. The highest BCUT2D eigenvalue weighted by Crippen LogP contribution is 2.31. The van der Waals surface area contributed by atoms with Crippen LogP contribution in [0.25, 0.3) is 0 Å². The number of rotatable bonds is 9. The molecule has 110 valence electrons. The largest absolute Gasteiger partial charge is 0.496 e. The third-order valence-corrected chi connectivity index (χ3v) is 3.20. The molecule has 20 heavy (non-hydrogen) atoms. The zero-order chi connectivity index (χ0) is 14.8. The van der Waals surface area contributed by atoms with Gasteiger partial charge in [0.25, 0.3) is 0 Å². The van der Waals surface area contributed by atoms with Gasteiger partial charge >= 0.3 is 0 Å². The van der Waals surface area contributed by atoms with Crippen LogP contribution in [0.3, 0.4) is 0 Å². The average molecular weight is 278 g/mol. The molecule has 0 aliphatic rings. The second kappa shape index (κ2) is 9.28. The van der Waals surface area contributed by atoms with Gasteiger partial charge in [0.05, 0.1) is 13.2 Å². The quantitative estimate of drug-likeness (QED) is 0.413. The van der Waals surface area contributed by atoms with Crippen molar-refractivity contribution in [2.75, 3.05) is 13.7 Å². The first-order valence-electron chi connectivity index (χ1n) is 6.75. The molecule has 0 aliphatic heterocycles. The van der Waals surface area contributed by atoms with Crippen LogP contribution in [0.4, 0.5) is 0 Å². The van der Waals surface area contributed by atoms with E-state index in [2.05, 4.69) is 0 Å². The Morgan fingerprint density at radius 3 is 2.65 bits per heavy atom. The van der Waals surface area contributed by atoms with Gasteiger partial charge in [-0.1, -0.05) is 30.4 Å². The molecular weight excluding hydrogens is 256 g/mol. The standard InChI is InChI=1S/C16H22O4/c1-20-15-10-6-5-9-14(15)16(19)13(12-18)8-4-2-3-7-11-17/h2,4-6,9-11,13,16,18-19H,3,7-8,12H2,1H3/b4-2-/t13-,16?/m1/s1. The number of aldehydes is 1. The summed E-state index contributed by atoms with van der Waals surface area (Å²) in [4.78, 5) is 10.2. The lowest BCUT2D eigenvalue weighted by Gasteiger charge is -2.21. The maximum Gasteiger partial charge on any atom is 0.124 e. The van der Waals surface area contributed by atoms with Crippen LogP contribution < -0.4 is 4.74 Å². The molecule has 0 fully saturated rings. The summed E-state index contributed by atoms with van der Waals surface area (Å²) >= 11 is 0. The molecule has 0 saturated carbocycles. The van der Waals surface area contributed by atoms with Crippen molar-refractivity contribution in [3.05, 3.63) is 42.0 Å². The summed E-state index contributed by atoms with van der Waals surface area (Å²) in [5, 5.41) is 19.8. The topological polar surface area (TPSA) is 66.8 Å². The second-order valence-corrected chi connectivity index (χ2v) is 4.58. The second-order valence-electron chi connectivity index (χ2n) is 4.58.